The molecule has 0 unspecified atom stereocenters. The average molecular weight is 372 g/mol. The summed E-state index contributed by atoms with van der Waals surface area (Å²) < 4.78 is 2.57. The van der Waals surface area contributed by atoms with E-state index in [4.69, 9.17) is 0 Å². The number of hydrogen-bond acceptors (Lipinski definition) is 3. The lowest BCUT2D eigenvalue weighted by molar-refractivity contribution is 0.101. The van der Waals surface area contributed by atoms with E-state index in [1.165, 1.54) is 0 Å². The predicted octanol–water partition coefficient (Wildman–Crippen LogP) is 3.43. The highest BCUT2D eigenvalue weighted by Gasteiger charge is 2.17. The molecule has 6 heteroatoms. The molecule has 0 aliphatic heterocycles. The number of aromatic nitrogens is 2. The first-order chi connectivity index (χ1) is 11.1. The summed E-state index contributed by atoms with van der Waals surface area (Å²) in [5.41, 5.74) is 0.865. The molecule has 2 aromatic carbocycles. The van der Waals surface area contributed by atoms with Crippen LogP contribution in [0, 0.1) is 0 Å². The van der Waals surface area contributed by atoms with Gasteiger partial charge in [-0.1, -0.05) is 28.1 Å². The molecule has 1 N–H and O–H groups in total. The highest BCUT2D eigenvalue weighted by Crippen LogP contribution is 2.15. The number of carbonyl (C=O) groups excluding carboxylic acids is 1. The zero-order chi connectivity index (χ0) is 16.4. The first-order valence-electron chi connectivity index (χ1n) is 7.17. The van der Waals surface area contributed by atoms with Crippen LogP contribution in [-0.4, -0.2) is 15.7 Å². The Morgan fingerprint density at radius 2 is 1.87 bits per heavy atom. The third kappa shape index (κ3) is 3.03. The molecule has 0 saturated heterocycles. The summed E-state index contributed by atoms with van der Waals surface area (Å²) in [5, 5.41) is 7.41. The summed E-state index contributed by atoms with van der Waals surface area (Å²) in [6.45, 7) is 2.49. The van der Waals surface area contributed by atoms with Crippen LogP contribution in [0.2, 0.25) is 0 Å². The van der Waals surface area contributed by atoms with Gasteiger partial charge >= 0.3 is 0 Å². The van der Waals surface area contributed by atoms with E-state index in [1.807, 2.05) is 31.2 Å². The van der Waals surface area contributed by atoms with Gasteiger partial charge in [-0.15, -0.1) is 0 Å². The van der Waals surface area contributed by atoms with Crippen LogP contribution < -0.4 is 10.7 Å². The second-order valence-corrected chi connectivity index (χ2v) is 5.89. The number of carbonyl (C=O) groups is 1. The third-order valence-corrected chi connectivity index (χ3v) is 4.01. The molecule has 1 aromatic heterocycles. The molecular weight excluding hydrogens is 358 g/mol. The fourth-order valence-corrected chi connectivity index (χ4v) is 2.62. The fraction of sp³-hybridized carbons (Fsp3) is 0.118. The maximum atomic E-state index is 12.5. The molecule has 1 heterocycles. The molecule has 0 fully saturated rings. The maximum absolute atomic E-state index is 12.5. The van der Waals surface area contributed by atoms with E-state index >= 15 is 0 Å². The lowest BCUT2D eigenvalue weighted by atomic mass is 10.2. The van der Waals surface area contributed by atoms with E-state index in [9.17, 15) is 9.59 Å². The number of anilines is 1. The molecule has 5 nitrogen and oxygen atoms in total. The van der Waals surface area contributed by atoms with E-state index in [0.717, 1.165) is 9.99 Å². The Hall–Kier alpha value is -2.47. The smallest absolute Gasteiger partial charge is 0.280 e. The van der Waals surface area contributed by atoms with Crippen LogP contribution in [0.15, 0.2) is 57.8 Å². The summed E-state index contributed by atoms with van der Waals surface area (Å²) in [4.78, 5) is 25.0. The van der Waals surface area contributed by atoms with Crippen LogP contribution in [0.3, 0.4) is 0 Å². The maximum Gasteiger partial charge on any atom is 0.280 e. The first-order valence-corrected chi connectivity index (χ1v) is 7.96. The van der Waals surface area contributed by atoms with Crippen molar-refractivity contribution in [2.24, 2.45) is 0 Å². The number of hydrogen-bond donors (Lipinski definition) is 1. The Bertz CT molecular complexity index is 933. The molecular formula is C17H14BrN3O2. The Morgan fingerprint density at radius 1 is 1.17 bits per heavy atom. The van der Waals surface area contributed by atoms with Gasteiger partial charge in [-0.25, -0.2) is 0 Å². The monoisotopic (exact) mass is 371 g/mol. The topological polar surface area (TPSA) is 64.0 Å². The van der Waals surface area contributed by atoms with E-state index in [1.54, 1.807) is 28.9 Å². The zero-order valence-electron chi connectivity index (χ0n) is 12.4. The van der Waals surface area contributed by atoms with Gasteiger partial charge in [0.2, 0.25) is 5.43 Å². The van der Waals surface area contributed by atoms with Crippen LogP contribution in [0.4, 0.5) is 5.69 Å². The quantitative estimate of drug-likeness (QED) is 0.766. The van der Waals surface area contributed by atoms with Gasteiger partial charge in [0.15, 0.2) is 5.69 Å². The minimum Gasteiger partial charge on any atom is -0.320 e. The van der Waals surface area contributed by atoms with Crippen molar-refractivity contribution in [1.29, 1.82) is 0 Å². The van der Waals surface area contributed by atoms with Crippen molar-refractivity contribution in [3.8, 4) is 0 Å². The highest BCUT2D eigenvalue weighted by molar-refractivity contribution is 9.10. The highest BCUT2D eigenvalue weighted by atomic mass is 79.9. The van der Waals surface area contributed by atoms with Crippen molar-refractivity contribution in [1.82, 2.24) is 9.78 Å². The Kier molecular flexibility index (Phi) is 4.25. The number of benzene rings is 2. The second kappa shape index (κ2) is 6.34. The summed E-state index contributed by atoms with van der Waals surface area (Å²) >= 11 is 3.34. The third-order valence-electron chi connectivity index (χ3n) is 3.48. The number of fused-ring (bicyclic) bond motifs is 1. The molecule has 116 valence electrons. The molecule has 0 atom stereocenters. The second-order valence-electron chi connectivity index (χ2n) is 4.97. The number of rotatable bonds is 3. The van der Waals surface area contributed by atoms with Gasteiger partial charge in [0.05, 0.1) is 5.52 Å². The van der Waals surface area contributed by atoms with E-state index in [2.05, 4.69) is 26.3 Å². The zero-order valence-corrected chi connectivity index (χ0v) is 14.0. The van der Waals surface area contributed by atoms with Gasteiger partial charge in [-0.2, -0.15) is 5.10 Å². The van der Waals surface area contributed by atoms with Crippen LogP contribution >= 0.6 is 15.9 Å². The number of halogens is 1. The van der Waals surface area contributed by atoms with Gasteiger partial charge < -0.3 is 5.32 Å². The fourth-order valence-electron chi connectivity index (χ4n) is 2.35. The molecule has 3 rings (SSSR count). The Labute approximate surface area is 141 Å². The van der Waals surface area contributed by atoms with E-state index in [-0.39, 0.29) is 11.1 Å². The molecule has 0 radical (unpaired) electrons. The van der Waals surface area contributed by atoms with Gasteiger partial charge in [0.1, 0.15) is 0 Å². The average Bonchev–Trinajstić information content (AvgIpc) is 2.57. The van der Waals surface area contributed by atoms with Crippen molar-refractivity contribution in [2.75, 3.05) is 5.32 Å². The van der Waals surface area contributed by atoms with Crippen molar-refractivity contribution in [2.45, 2.75) is 13.5 Å². The van der Waals surface area contributed by atoms with E-state index < -0.39 is 5.91 Å². The van der Waals surface area contributed by atoms with Gasteiger partial charge in [-0.05, 0) is 43.3 Å². The summed E-state index contributed by atoms with van der Waals surface area (Å²) in [6, 6.07) is 14.3. The standard InChI is InChI=1S/C17H14BrN3O2/c1-2-21-14-6-4-3-5-13(14)16(22)15(20-21)17(23)19-12-9-7-11(18)8-10-12/h3-10H,2H2,1H3,(H,19,23). The van der Waals surface area contributed by atoms with Crippen molar-refractivity contribution in [3.63, 3.8) is 0 Å². The minimum atomic E-state index is -0.509. The first kappa shape index (κ1) is 15.4. The number of nitrogens with zero attached hydrogens (tertiary/aromatic N) is 2. The van der Waals surface area contributed by atoms with Gasteiger partial charge in [0, 0.05) is 22.1 Å². The van der Waals surface area contributed by atoms with Crippen molar-refractivity contribution >= 4 is 38.4 Å². The SMILES string of the molecule is CCn1nc(C(=O)Nc2ccc(Br)cc2)c(=O)c2ccccc21. The Balaban J connectivity index is 2.05. The van der Waals surface area contributed by atoms with Crippen LogP contribution in [0.5, 0.6) is 0 Å². The number of nitrogens with one attached hydrogen (secondary N) is 1. The minimum absolute atomic E-state index is 0.103. The molecule has 1 amide bonds. The van der Waals surface area contributed by atoms with Gasteiger partial charge in [0.25, 0.3) is 5.91 Å². The molecule has 23 heavy (non-hydrogen) atoms. The number of aryl methyl sites for hydroxylation is 1. The van der Waals surface area contributed by atoms with Crippen LogP contribution in [-0.2, 0) is 6.54 Å². The lowest BCUT2D eigenvalue weighted by Crippen LogP contribution is -2.27. The predicted molar refractivity (Wildman–Crippen MR) is 93.8 cm³/mol. The van der Waals surface area contributed by atoms with Crippen LogP contribution in [0.25, 0.3) is 10.9 Å². The lowest BCUT2D eigenvalue weighted by Gasteiger charge is -2.10. The van der Waals surface area contributed by atoms with Crippen molar-refractivity contribution in [3.05, 3.63) is 68.9 Å². The van der Waals surface area contributed by atoms with Crippen LogP contribution in [0.1, 0.15) is 17.4 Å². The Morgan fingerprint density at radius 3 is 2.57 bits per heavy atom. The largest absolute Gasteiger partial charge is 0.320 e. The molecule has 0 aliphatic carbocycles. The normalized spacial score (nSPS) is 10.7. The molecule has 0 aliphatic rings. The molecule has 3 aromatic rings. The summed E-state index contributed by atoms with van der Waals surface area (Å²) in [7, 11) is 0. The summed E-state index contributed by atoms with van der Waals surface area (Å²) in [5.74, 6) is -0.509. The van der Waals surface area contributed by atoms with E-state index in [0.29, 0.717) is 17.6 Å². The number of para-hydroxylation sites is 1. The number of amides is 1. The van der Waals surface area contributed by atoms with Gasteiger partial charge in [-0.3, -0.25) is 14.3 Å². The molecule has 0 saturated carbocycles. The van der Waals surface area contributed by atoms with Crippen molar-refractivity contribution < 1.29 is 4.79 Å². The molecule has 0 bridgehead atoms. The summed E-state index contributed by atoms with van der Waals surface area (Å²) in [6.07, 6.45) is 0. The molecule has 0 spiro atoms.